The molecule has 2 N–H and O–H groups in total. The lowest BCUT2D eigenvalue weighted by Crippen LogP contribution is -2.41. The number of hydrogen-bond acceptors (Lipinski definition) is 4. The number of carbonyl (C=O) groups excluding carboxylic acids is 1. The minimum atomic E-state index is -4.84. The highest BCUT2D eigenvalue weighted by molar-refractivity contribution is 5.96. The van der Waals surface area contributed by atoms with Crippen LogP contribution in [0.3, 0.4) is 0 Å². The Hall–Kier alpha value is -3.01. The zero-order chi connectivity index (χ0) is 25.4. The lowest BCUT2D eigenvalue weighted by Gasteiger charge is -2.16. The smallest absolute Gasteiger partial charge is 0.416 e. The number of benzene rings is 1. The predicted molar refractivity (Wildman–Crippen MR) is 120 cm³/mol. The molecule has 1 aromatic carbocycles. The van der Waals surface area contributed by atoms with Gasteiger partial charge >= 0.3 is 12.1 Å². The zero-order valence-corrected chi connectivity index (χ0v) is 19.2. The highest BCUT2D eigenvalue weighted by atomic mass is 19.4. The number of alkyl halides is 3. The first-order valence-corrected chi connectivity index (χ1v) is 11.6. The van der Waals surface area contributed by atoms with E-state index in [9.17, 15) is 32.3 Å². The molecule has 0 aliphatic heterocycles. The number of ether oxygens (including phenoxy) is 1. The fourth-order valence-corrected chi connectivity index (χ4v) is 3.96. The molecule has 0 bridgehead atoms. The number of hydrogen-bond donors (Lipinski definition) is 2. The number of halogens is 4. The number of aromatic nitrogens is 1. The molecule has 0 radical (unpaired) electrons. The molecule has 3 rings (SSSR count). The normalized spacial score (nSPS) is 14.3. The molecule has 1 amide bonds. The van der Waals surface area contributed by atoms with Gasteiger partial charge in [0.1, 0.15) is 11.9 Å². The third kappa shape index (κ3) is 8.02. The molecule has 1 atom stereocenters. The Morgan fingerprint density at radius 1 is 1.09 bits per heavy atom. The molecule has 0 saturated carbocycles. The number of rotatable bonds is 11. The Morgan fingerprint density at radius 3 is 2.60 bits per heavy atom. The fraction of sp³-hybridized carbons (Fsp3) is 0.480. The van der Waals surface area contributed by atoms with E-state index < -0.39 is 41.0 Å². The Balaban J connectivity index is 1.40. The van der Waals surface area contributed by atoms with E-state index >= 15 is 0 Å². The summed E-state index contributed by atoms with van der Waals surface area (Å²) in [7, 11) is 0. The van der Waals surface area contributed by atoms with Gasteiger partial charge in [-0.25, -0.2) is 9.18 Å². The number of fused-ring (bicyclic) bond motifs is 1. The number of carbonyl (C=O) groups is 2. The highest BCUT2D eigenvalue weighted by Gasteiger charge is 2.32. The van der Waals surface area contributed by atoms with E-state index in [0.717, 1.165) is 37.8 Å². The van der Waals surface area contributed by atoms with Crippen molar-refractivity contribution in [1.82, 2.24) is 10.3 Å². The van der Waals surface area contributed by atoms with E-state index in [2.05, 4.69) is 17.4 Å². The van der Waals surface area contributed by atoms with E-state index in [1.165, 1.54) is 24.1 Å². The molecule has 10 heteroatoms. The predicted octanol–water partition coefficient (Wildman–Crippen LogP) is 4.73. The molecule has 6 nitrogen and oxygen atoms in total. The summed E-state index contributed by atoms with van der Waals surface area (Å²) in [5.41, 5.74) is 1.63. The van der Waals surface area contributed by atoms with Crippen LogP contribution in [-0.4, -0.2) is 41.2 Å². The number of carboxylic acids is 1. The van der Waals surface area contributed by atoms with Gasteiger partial charge in [-0.1, -0.05) is 6.07 Å². The number of nitrogens with one attached hydrogen (secondary N) is 1. The quantitative estimate of drug-likeness (QED) is 0.347. The van der Waals surface area contributed by atoms with Crippen LogP contribution in [-0.2, 0) is 35.0 Å². The van der Waals surface area contributed by atoms with Crippen molar-refractivity contribution in [2.24, 2.45) is 0 Å². The number of aryl methyl sites for hydroxylation is 3. The molecule has 0 fully saturated rings. The molecule has 190 valence electrons. The molecular weight excluding hydrogens is 468 g/mol. The molecular formula is C25H28F4N2O4. The molecule has 1 aliphatic rings. The second kappa shape index (κ2) is 12.1. The van der Waals surface area contributed by atoms with Crippen LogP contribution in [0.25, 0.3) is 0 Å². The summed E-state index contributed by atoms with van der Waals surface area (Å²) in [6, 6.07) is 4.19. The van der Waals surface area contributed by atoms with Crippen molar-refractivity contribution in [3.05, 3.63) is 64.2 Å². The average Bonchev–Trinajstić information content (AvgIpc) is 2.81. The molecule has 2 aromatic rings. The van der Waals surface area contributed by atoms with Crippen LogP contribution in [0, 0.1) is 5.82 Å². The third-order valence-electron chi connectivity index (χ3n) is 5.85. The van der Waals surface area contributed by atoms with E-state index in [1.54, 1.807) is 0 Å². The second-order valence-electron chi connectivity index (χ2n) is 8.56. The molecule has 1 heterocycles. The SMILES string of the molecule is O=C(N[C@@H](CCOCCCCc1ccc2c(n1)CCCC2)C(=O)O)c1cc(F)cc(C(F)(F)F)c1. The first-order chi connectivity index (χ1) is 16.6. The summed E-state index contributed by atoms with van der Waals surface area (Å²) in [4.78, 5) is 28.4. The van der Waals surface area contributed by atoms with Crippen LogP contribution in [0.15, 0.2) is 30.3 Å². The van der Waals surface area contributed by atoms with Crippen LogP contribution in [0.2, 0.25) is 0 Å². The number of amides is 1. The first-order valence-electron chi connectivity index (χ1n) is 11.6. The van der Waals surface area contributed by atoms with Gasteiger partial charge in [-0.2, -0.15) is 13.2 Å². The summed E-state index contributed by atoms with van der Waals surface area (Å²) in [5, 5.41) is 11.5. The lowest BCUT2D eigenvalue weighted by atomic mass is 9.95. The fourth-order valence-electron chi connectivity index (χ4n) is 3.96. The molecule has 0 saturated heterocycles. The van der Waals surface area contributed by atoms with E-state index in [0.29, 0.717) is 18.7 Å². The van der Waals surface area contributed by atoms with E-state index in [4.69, 9.17) is 9.72 Å². The van der Waals surface area contributed by atoms with Crippen LogP contribution in [0.5, 0.6) is 0 Å². The van der Waals surface area contributed by atoms with Crippen molar-refractivity contribution in [2.45, 2.75) is 63.6 Å². The number of nitrogens with zero attached hydrogens (tertiary/aromatic N) is 1. The van der Waals surface area contributed by atoms with Gasteiger partial charge in [0, 0.05) is 36.6 Å². The van der Waals surface area contributed by atoms with Crippen molar-refractivity contribution in [1.29, 1.82) is 0 Å². The van der Waals surface area contributed by atoms with E-state index in [1.807, 2.05) is 0 Å². The van der Waals surface area contributed by atoms with Crippen LogP contribution in [0.4, 0.5) is 17.6 Å². The minimum absolute atomic E-state index is 0.0330. The van der Waals surface area contributed by atoms with Gasteiger partial charge in [-0.3, -0.25) is 9.78 Å². The topological polar surface area (TPSA) is 88.5 Å². The van der Waals surface area contributed by atoms with Crippen LogP contribution < -0.4 is 5.32 Å². The molecule has 0 spiro atoms. The number of aliphatic carboxylic acids is 1. The van der Waals surface area contributed by atoms with Gasteiger partial charge < -0.3 is 15.2 Å². The number of unbranched alkanes of at least 4 members (excludes halogenated alkanes) is 1. The van der Waals surface area contributed by atoms with Crippen molar-refractivity contribution in [3.8, 4) is 0 Å². The first kappa shape index (κ1) is 26.6. The lowest BCUT2D eigenvalue weighted by molar-refractivity contribution is -0.140. The van der Waals surface area contributed by atoms with Gasteiger partial charge in [0.2, 0.25) is 0 Å². The largest absolute Gasteiger partial charge is 0.480 e. The Kier molecular flexibility index (Phi) is 9.20. The second-order valence-corrected chi connectivity index (χ2v) is 8.56. The average molecular weight is 497 g/mol. The van der Waals surface area contributed by atoms with Gasteiger partial charge in [-0.15, -0.1) is 0 Å². The van der Waals surface area contributed by atoms with Crippen LogP contribution in [0.1, 0.15) is 65.0 Å². The minimum Gasteiger partial charge on any atom is -0.480 e. The number of pyridine rings is 1. The summed E-state index contributed by atoms with van der Waals surface area (Å²) in [6.07, 6.45) is 1.98. The van der Waals surface area contributed by atoms with Gasteiger partial charge in [-0.05, 0) is 74.8 Å². The standard InChI is InChI=1S/C25H28F4N2O4/c26-19-14-17(13-18(15-19)25(27,28)29)23(32)31-22(24(33)34)10-12-35-11-4-3-6-20-9-8-16-5-1-2-7-21(16)30-20/h8-9,13-15,22H,1-7,10-12H2,(H,31,32)(H,33,34)/t22-/m0/s1. The molecule has 1 aromatic heterocycles. The van der Waals surface area contributed by atoms with Crippen molar-refractivity contribution < 1.29 is 37.0 Å². The van der Waals surface area contributed by atoms with Gasteiger partial charge in [0.05, 0.1) is 5.56 Å². The molecule has 1 aliphatic carbocycles. The van der Waals surface area contributed by atoms with Crippen molar-refractivity contribution in [2.75, 3.05) is 13.2 Å². The Labute approximate surface area is 200 Å². The zero-order valence-electron chi connectivity index (χ0n) is 19.2. The number of carboxylic acid groups (broad SMARTS) is 1. The maximum absolute atomic E-state index is 13.5. The summed E-state index contributed by atoms with van der Waals surface area (Å²) < 4.78 is 57.5. The monoisotopic (exact) mass is 496 g/mol. The maximum atomic E-state index is 13.5. The molecule has 35 heavy (non-hydrogen) atoms. The van der Waals surface area contributed by atoms with Crippen molar-refractivity contribution >= 4 is 11.9 Å². The maximum Gasteiger partial charge on any atom is 0.416 e. The Morgan fingerprint density at radius 2 is 1.86 bits per heavy atom. The Bertz CT molecular complexity index is 1040. The summed E-state index contributed by atoms with van der Waals surface area (Å²) >= 11 is 0. The highest BCUT2D eigenvalue weighted by Crippen LogP contribution is 2.30. The van der Waals surface area contributed by atoms with Crippen LogP contribution >= 0.6 is 0 Å². The third-order valence-corrected chi connectivity index (χ3v) is 5.85. The van der Waals surface area contributed by atoms with E-state index in [-0.39, 0.29) is 19.1 Å². The summed E-state index contributed by atoms with van der Waals surface area (Å²) in [5.74, 6) is -3.72. The van der Waals surface area contributed by atoms with Gasteiger partial charge in [0.15, 0.2) is 0 Å². The summed E-state index contributed by atoms with van der Waals surface area (Å²) in [6.45, 7) is 0.426. The van der Waals surface area contributed by atoms with Gasteiger partial charge in [0.25, 0.3) is 5.91 Å². The van der Waals surface area contributed by atoms with Crippen molar-refractivity contribution in [3.63, 3.8) is 0 Å². The molecule has 0 unspecified atom stereocenters.